The van der Waals surface area contributed by atoms with Crippen molar-refractivity contribution in [2.24, 2.45) is 4.99 Å². The molecule has 0 bridgehead atoms. The fourth-order valence-electron chi connectivity index (χ4n) is 3.96. The first-order chi connectivity index (χ1) is 14.7. The molecule has 3 rings (SSSR count). The lowest BCUT2D eigenvalue weighted by Gasteiger charge is -2.35. The van der Waals surface area contributed by atoms with Gasteiger partial charge in [0.15, 0.2) is 5.96 Å². The van der Waals surface area contributed by atoms with Crippen LogP contribution in [0.25, 0.3) is 0 Å². The molecular formula is C23H36N4O3. The Morgan fingerprint density at radius 3 is 2.67 bits per heavy atom. The molecule has 0 aromatic heterocycles. The second-order valence-electron chi connectivity index (χ2n) is 7.99. The number of ether oxygens (including phenoxy) is 2. The Hall–Kier alpha value is -2.12. The smallest absolute Gasteiger partial charge is 0.239 e. The topological polar surface area (TPSA) is 75.2 Å². The van der Waals surface area contributed by atoms with Gasteiger partial charge in [0, 0.05) is 33.3 Å². The normalized spacial score (nSPS) is 20.8. The molecule has 0 saturated carbocycles. The molecule has 1 amide bonds. The molecule has 1 aromatic rings. The molecule has 1 aromatic carbocycles. The Morgan fingerprint density at radius 1 is 1.17 bits per heavy atom. The highest BCUT2D eigenvalue weighted by Crippen LogP contribution is 2.17. The first-order valence-electron chi connectivity index (χ1n) is 11.2. The number of nitrogens with zero attached hydrogens (tertiary/aromatic N) is 2. The zero-order valence-electron chi connectivity index (χ0n) is 18.1. The van der Waals surface area contributed by atoms with E-state index < -0.39 is 0 Å². The largest absolute Gasteiger partial charge is 0.376 e. The molecule has 1 unspecified atom stereocenters. The molecule has 2 saturated heterocycles. The number of hydrogen-bond acceptors (Lipinski definition) is 4. The van der Waals surface area contributed by atoms with Crippen LogP contribution in [0.5, 0.6) is 0 Å². The Bertz CT molecular complexity index is 654. The summed E-state index contributed by atoms with van der Waals surface area (Å²) < 4.78 is 11.8. The lowest BCUT2D eigenvalue weighted by atomic mass is 10.1. The van der Waals surface area contributed by atoms with Crippen molar-refractivity contribution >= 4 is 11.9 Å². The SMILES string of the molecule is CN=C(NCC(=O)NCCc1ccccc1)N1CCC(OCC2CCCCO2)CC1. The van der Waals surface area contributed by atoms with Crippen molar-refractivity contribution in [2.45, 2.75) is 50.7 Å². The molecule has 2 aliphatic heterocycles. The van der Waals surface area contributed by atoms with Crippen LogP contribution in [0.15, 0.2) is 35.3 Å². The molecule has 30 heavy (non-hydrogen) atoms. The highest BCUT2D eigenvalue weighted by Gasteiger charge is 2.24. The molecule has 0 radical (unpaired) electrons. The van der Waals surface area contributed by atoms with Gasteiger partial charge in [-0.1, -0.05) is 30.3 Å². The van der Waals surface area contributed by atoms with Gasteiger partial charge in [-0.15, -0.1) is 0 Å². The van der Waals surface area contributed by atoms with Gasteiger partial charge in [-0.05, 0) is 44.1 Å². The summed E-state index contributed by atoms with van der Waals surface area (Å²) in [4.78, 5) is 18.7. The summed E-state index contributed by atoms with van der Waals surface area (Å²) in [6, 6.07) is 10.2. The van der Waals surface area contributed by atoms with E-state index in [1.807, 2.05) is 18.2 Å². The molecule has 166 valence electrons. The number of hydrogen-bond donors (Lipinski definition) is 2. The first kappa shape index (κ1) is 22.6. The summed E-state index contributed by atoms with van der Waals surface area (Å²) in [7, 11) is 1.76. The highest BCUT2D eigenvalue weighted by molar-refractivity contribution is 5.86. The Kier molecular flexibility index (Phi) is 9.44. The van der Waals surface area contributed by atoms with Crippen LogP contribution in [0.2, 0.25) is 0 Å². The first-order valence-corrected chi connectivity index (χ1v) is 11.2. The van der Waals surface area contributed by atoms with Crippen molar-refractivity contribution < 1.29 is 14.3 Å². The molecule has 7 heteroatoms. The minimum atomic E-state index is -0.0159. The molecular weight excluding hydrogens is 380 g/mol. The van der Waals surface area contributed by atoms with Crippen LogP contribution in [0.4, 0.5) is 0 Å². The molecule has 0 spiro atoms. The standard InChI is InChI=1S/C23H36N4O3/c1-24-23(26-17-22(28)25-13-10-19-7-3-2-4-8-19)27-14-11-20(12-15-27)30-18-21-9-5-6-16-29-21/h2-4,7-8,20-21H,5-6,9-18H2,1H3,(H,24,26)(H,25,28). The maximum absolute atomic E-state index is 12.1. The van der Waals surface area contributed by atoms with E-state index in [2.05, 4.69) is 32.7 Å². The maximum Gasteiger partial charge on any atom is 0.239 e. The summed E-state index contributed by atoms with van der Waals surface area (Å²) in [5, 5.41) is 6.15. The van der Waals surface area contributed by atoms with Crippen LogP contribution in [0, 0.1) is 0 Å². The van der Waals surface area contributed by atoms with E-state index in [-0.39, 0.29) is 24.7 Å². The second kappa shape index (κ2) is 12.5. The quantitative estimate of drug-likeness (QED) is 0.501. The highest BCUT2D eigenvalue weighted by atomic mass is 16.5. The van der Waals surface area contributed by atoms with E-state index in [0.717, 1.165) is 51.3 Å². The summed E-state index contributed by atoms with van der Waals surface area (Å²) >= 11 is 0. The van der Waals surface area contributed by atoms with E-state index in [4.69, 9.17) is 9.47 Å². The van der Waals surface area contributed by atoms with Gasteiger partial charge < -0.3 is 25.0 Å². The van der Waals surface area contributed by atoms with Crippen LogP contribution in [-0.4, -0.2) is 75.4 Å². The predicted molar refractivity (Wildman–Crippen MR) is 119 cm³/mol. The van der Waals surface area contributed by atoms with Gasteiger partial charge in [0.1, 0.15) is 0 Å². The van der Waals surface area contributed by atoms with E-state index in [0.29, 0.717) is 13.2 Å². The molecule has 0 aliphatic carbocycles. The van der Waals surface area contributed by atoms with Gasteiger partial charge in [-0.25, -0.2) is 0 Å². The number of guanidine groups is 1. The van der Waals surface area contributed by atoms with Crippen molar-refractivity contribution in [1.82, 2.24) is 15.5 Å². The van der Waals surface area contributed by atoms with Crippen LogP contribution < -0.4 is 10.6 Å². The van der Waals surface area contributed by atoms with Gasteiger partial charge >= 0.3 is 0 Å². The minimum Gasteiger partial charge on any atom is -0.376 e. The number of carbonyl (C=O) groups excluding carboxylic acids is 1. The lowest BCUT2D eigenvalue weighted by molar-refractivity contribution is -0.120. The van der Waals surface area contributed by atoms with Gasteiger partial charge in [-0.3, -0.25) is 9.79 Å². The third-order valence-electron chi connectivity index (χ3n) is 5.73. The van der Waals surface area contributed by atoms with Gasteiger partial charge in [-0.2, -0.15) is 0 Å². The molecule has 2 aliphatic rings. The van der Waals surface area contributed by atoms with Crippen LogP contribution in [0.1, 0.15) is 37.7 Å². The number of benzene rings is 1. The summed E-state index contributed by atoms with van der Waals surface area (Å²) in [5.41, 5.74) is 1.22. The van der Waals surface area contributed by atoms with Crippen molar-refractivity contribution in [3.63, 3.8) is 0 Å². The van der Waals surface area contributed by atoms with E-state index >= 15 is 0 Å². The molecule has 2 fully saturated rings. The molecule has 2 N–H and O–H groups in total. The fraction of sp³-hybridized carbons (Fsp3) is 0.652. The number of piperidine rings is 1. The third-order valence-corrected chi connectivity index (χ3v) is 5.73. The van der Waals surface area contributed by atoms with E-state index in [1.165, 1.54) is 18.4 Å². The van der Waals surface area contributed by atoms with Crippen molar-refractivity contribution in [1.29, 1.82) is 0 Å². The predicted octanol–water partition coefficient (Wildman–Crippen LogP) is 1.97. The Labute approximate surface area is 180 Å². The van der Waals surface area contributed by atoms with Crippen molar-refractivity contribution in [2.75, 3.05) is 46.4 Å². The average Bonchev–Trinajstić information content (AvgIpc) is 2.80. The summed E-state index contributed by atoms with van der Waals surface area (Å²) in [6.07, 6.45) is 6.86. The minimum absolute atomic E-state index is 0.0159. The summed E-state index contributed by atoms with van der Waals surface area (Å²) in [6.45, 7) is 4.21. The van der Waals surface area contributed by atoms with Crippen LogP contribution >= 0.6 is 0 Å². The Balaban J connectivity index is 1.29. The van der Waals surface area contributed by atoms with Crippen LogP contribution in [-0.2, 0) is 20.7 Å². The number of nitrogens with one attached hydrogen (secondary N) is 2. The average molecular weight is 417 g/mol. The molecule has 1 atom stereocenters. The van der Waals surface area contributed by atoms with Crippen molar-refractivity contribution in [3.05, 3.63) is 35.9 Å². The van der Waals surface area contributed by atoms with Gasteiger partial charge in [0.05, 0.1) is 25.4 Å². The fourth-order valence-corrected chi connectivity index (χ4v) is 3.96. The lowest BCUT2D eigenvalue weighted by Crippen LogP contribution is -2.49. The third kappa shape index (κ3) is 7.61. The molecule has 2 heterocycles. The van der Waals surface area contributed by atoms with Gasteiger partial charge in [0.25, 0.3) is 0 Å². The number of amides is 1. The number of rotatable bonds is 8. The second-order valence-corrected chi connectivity index (χ2v) is 7.99. The molecule has 7 nitrogen and oxygen atoms in total. The monoisotopic (exact) mass is 416 g/mol. The zero-order chi connectivity index (χ0) is 21.0. The zero-order valence-corrected chi connectivity index (χ0v) is 18.1. The van der Waals surface area contributed by atoms with Gasteiger partial charge in [0.2, 0.25) is 5.91 Å². The maximum atomic E-state index is 12.1. The van der Waals surface area contributed by atoms with E-state index in [9.17, 15) is 4.79 Å². The van der Waals surface area contributed by atoms with Crippen molar-refractivity contribution in [3.8, 4) is 0 Å². The van der Waals surface area contributed by atoms with Crippen LogP contribution in [0.3, 0.4) is 0 Å². The summed E-state index contributed by atoms with van der Waals surface area (Å²) in [5.74, 6) is 0.764. The number of carbonyl (C=O) groups is 1. The van der Waals surface area contributed by atoms with E-state index in [1.54, 1.807) is 7.05 Å². The number of aliphatic imine (C=N–C) groups is 1. The number of likely N-dealkylation sites (tertiary alicyclic amines) is 1. The Morgan fingerprint density at radius 2 is 1.97 bits per heavy atom.